The first-order valence-electron chi connectivity index (χ1n) is 9.57. The van der Waals surface area contributed by atoms with Gasteiger partial charge in [0, 0.05) is 24.0 Å². The molecule has 5 nitrogen and oxygen atoms in total. The number of hydrogen-bond donors (Lipinski definition) is 1. The van der Waals surface area contributed by atoms with E-state index < -0.39 is 5.60 Å². The van der Waals surface area contributed by atoms with E-state index in [0.29, 0.717) is 31.6 Å². The number of pyridine rings is 1. The molecule has 1 fully saturated rings. The molecule has 2 heterocycles. The first-order valence-corrected chi connectivity index (χ1v) is 9.57. The predicted octanol–water partition coefficient (Wildman–Crippen LogP) is 3.04. The molecule has 0 spiro atoms. The summed E-state index contributed by atoms with van der Waals surface area (Å²) in [6.07, 6.45) is 0.589. The van der Waals surface area contributed by atoms with Crippen molar-refractivity contribution >= 4 is 16.8 Å². The van der Waals surface area contributed by atoms with Crippen LogP contribution in [0.5, 0.6) is 0 Å². The molecule has 0 aliphatic carbocycles. The second kappa shape index (κ2) is 7.34. The second-order valence-corrected chi connectivity index (χ2v) is 7.88. The Hall–Kier alpha value is -2.76. The third kappa shape index (κ3) is 3.63. The molecule has 1 aliphatic rings. The number of hydrogen-bond acceptors (Lipinski definition) is 4. The van der Waals surface area contributed by atoms with Gasteiger partial charge in [0.25, 0.3) is 5.91 Å². The molecule has 0 saturated carbocycles. The van der Waals surface area contributed by atoms with Crippen molar-refractivity contribution in [2.45, 2.75) is 12.0 Å². The number of rotatable bonds is 4. The van der Waals surface area contributed by atoms with Gasteiger partial charge >= 0.3 is 0 Å². The monoisotopic (exact) mass is 375 g/mol. The van der Waals surface area contributed by atoms with Crippen molar-refractivity contribution in [2.24, 2.45) is 0 Å². The fraction of sp³-hybridized carbons (Fsp3) is 0.304. The fourth-order valence-corrected chi connectivity index (χ4v) is 4.03. The van der Waals surface area contributed by atoms with Crippen LogP contribution in [0.3, 0.4) is 0 Å². The van der Waals surface area contributed by atoms with Crippen LogP contribution in [0.4, 0.5) is 0 Å². The van der Waals surface area contributed by atoms with Crippen LogP contribution in [0.2, 0.25) is 0 Å². The molecule has 2 aromatic carbocycles. The molecule has 0 radical (unpaired) electrons. The first kappa shape index (κ1) is 18.6. The van der Waals surface area contributed by atoms with Crippen LogP contribution in [0.15, 0.2) is 60.7 Å². The molecule has 1 atom stereocenters. The van der Waals surface area contributed by atoms with Crippen LogP contribution in [0, 0.1) is 0 Å². The number of β-amino-alcohol motifs (C(OH)–C–C–N with tert-alkyl or cyclic N) is 1. The van der Waals surface area contributed by atoms with Crippen molar-refractivity contribution < 1.29 is 9.90 Å². The van der Waals surface area contributed by atoms with Crippen LogP contribution < -0.4 is 0 Å². The highest BCUT2D eigenvalue weighted by molar-refractivity contribution is 6.07. The zero-order chi connectivity index (χ0) is 19.7. The number of aromatic nitrogens is 1. The number of carbonyl (C=O) groups excluding carboxylic acids is 1. The predicted molar refractivity (Wildman–Crippen MR) is 111 cm³/mol. The number of para-hydroxylation sites is 1. The lowest BCUT2D eigenvalue weighted by molar-refractivity contribution is 0.0236. The molecule has 3 aromatic rings. The highest BCUT2D eigenvalue weighted by Crippen LogP contribution is 2.29. The van der Waals surface area contributed by atoms with Gasteiger partial charge in [0.1, 0.15) is 0 Å². The minimum atomic E-state index is -0.857. The zero-order valence-electron chi connectivity index (χ0n) is 16.3. The Bertz CT molecular complexity index is 1000. The van der Waals surface area contributed by atoms with Crippen molar-refractivity contribution in [3.8, 4) is 11.3 Å². The molecular weight excluding hydrogens is 350 g/mol. The average Bonchev–Trinajstić information content (AvgIpc) is 3.08. The highest BCUT2D eigenvalue weighted by atomic mass is 16.3. The largest absolute Gasteiger partial charge is 0.387 e. The Labute approximate surface area is 165 Å². The maximum Gasteiger partial charge on any atom is 0.254 e. The Morgan fingerprint density at radius 3 is 2.61 bits per heavy atom. The van der Waals surface area contributed by atoms with Gasteiger partial charge in [-0.05, 0) is 32.6 Å². The molecule has 4 rings (SSSR count). The van der Waals surface area contributed by atoms with Crippen molar-refractivity contribution in [1.82, 2.24) is 14.8 Å². The Balaban J connectivity index is 1.73. The standard InChI is InChI=1S/C23H25N3O2/c1-25(2)15-23(28)12-13-26(16-23)22(27)19-14-21(17-8-4-3-5-9-17)24-20-11-7-6-10-18(19)20/h3-11,14,28H,12-13,15-16H2,1-2H3. The van der Waals surface area contributed by atoms with Crippen LogP contribution in [-0.4, -0.2) is 65.1 Å². The summed E-state index contributed by atoms with van der Waals surface area (Å²) in [6.45, 7) is 1.45. The number of benzene rings is 2. The highest BCUT2D eigenvalue weighted by Gasteiger charge is 2.39. The Morgan fingerprint density at radius 2 is 1.86 bits per heavy atom. The number of fused-ring (bicyclic) bond motifs is 1. The number of likely N-dealkylation sites (N-methyl/N-ethyl adjacent to an activating group) is 1. The normalized spacial score (nSPS) is 19.5. The summed E-state index contributed by atoms with van der Waals surface area (Å²) in [4.78, 5) is 21.9. The molecule has 1 unspecified atom stereocenters. The van der Waals surface area contributed by atoms with Gasteiger partial charge < -0.3 is 14.9 Å². The summed E-state index contributed by atoms with van der Waals surface area (Å²) in [6, 6.07) is 19.5. The number of nitrogens with zero attached hydrogens (tertiary/aromatic N) is 3. The first-order chi connectivity index (χ1) is 13.5. The Morgan fingerprint density at radius 1 is 1.14 bits per heavy atom. The van der Waals surface area contributed by atoms with Crippen LogP contribution in [0.1, 0.15) is 16.8 Å². The number of likely N-dealkylation sites (tertiary alicyclic amines) is 1. The van der Waals surface area contributed by atoms with E-state index in [1.807, 2.05) is 79.7 Å². The molecule has 0 bridgehead atoms. The van der Waals surface area contributed by atoms with Crippen LogP contribution >= 0.6 is 0 Å². The van der Waals surface area contributed by atoms with E-state index in [1.54, 1.807) is 4.90 Å². The van der Waals surface area contributed by atoms with Gasteiger partial charge in [-0.1, -0.05) is 48.5 Å². The van der Waals surface area contributed by atoms with E-state index >= 15 is 0 Å². The fourth-order valence-electron chi connectivity index (χ4n) is 4.03. The van der Waals surface area contributed by atoms with Gasteiger partial charge in [-0.25, -0.2) is 4.98 Å². The van der Waals surface area contributed by atoms with Gasteiger partial charge in [0.05, 0.1) is 28.9 Å². The summed E-state index contributed by atoms with van der Waals surface area (Å²) >= 11 is 0. The second-order valence-electron chi connectivity index (χ2n) is 7.88. The van der Waals surface area contributed by atoms with Crippen molar-refractivity contribution in [1.29, 1.82) is 0 Å². The minimum Gasteiger partial charge on any atom is -0.387 e. The van der Waals surface area contributed by atoms with E-state index in [4.69, 9.17) is 4.98 Å². The van der Waals surface area contributed by atoms with Gasteiger partial charge in [-0.3, -0.25) is 4.79 Å². The molecule has 144 valence electrons. The molecule has 28 heavy (non-hydrogen) atoms. The maximum absolute atomic E-state index is 13.4. The molecular formula is C23H25N3O2. The molecule has 5 heteroatoms. The average molecular weight is 375 g/mol. The molecule has 1 saturated heterocycles. The SMILES string of the molecule is CN(C)CC1(O)CCN(C(=O)c2cc(-c3ccccc3)nc3ccccc23)C1. The number of aliphatic hydroxyl groups is 1. The lowest BCUT2D eigenvalue weighted by atomic mass is 10.0. The third-order valence-electron chi connectivity index (χ3n) is 5.25. The van der Waals surface area contributed by atoms with Crippen molar-refractivity contribution in [3.05, 3.63) is 66.2 Å². The van der Waals surface area contributed by atoms with Crippen LogP contribution in [0.25, 0.3) is 22.2 Å². The minimum absolute atomic E-state index is 0.0505. The van der Waals surface area contributed by atoms with E-state index in [-0.39, 0.29) is 5.91 Å². The lowest BCUT2D eigenvalue weighted by Gasteiger charge is -2.26. The summed E-state index contributed by atoms with van der Waals surface area (Å²) in [5.74, 6) is -0.0505. The maximum atomic E-state index is 13.4. The van der Waals surface area contributed by atoms with E-state index in [1.165, 1.54) is 0 Å². The van der Waals surface area contributed by atoms with Crippen LogP contribution in [-0.2, 0) is 0 Å². The van der Waals surface area contributed by atoms with Crippen molar-refractivity contribution in [3.63, 3.8) is 0 Å². The summed E-state index contributed by atoms with van der Waals surface area (Å²) in [5.41, 5.74) is 2.34. The molecule has 1 N–H and O–H groups in total. The van der Waals surface area contributed by atoms with Gasteiger partial charge in [0.2, 0.25) is 0 Å². The molecule has 1 aromatic heterocycles. The summed E-state index contributed by atoms with van der Waals surface area (Å²) in [7, 11) is 3.87. The van der Waals surface area contributed by atoms with Gasteiger partial charge in [0.15, 0.2) is 0 Å². The quantitative estimate of drug-likeness (QED) is 0.762. The topological polar surface area (TPSA) is 56.7 Å². The van der Waals surface area contributed by atoms with E-state index in [9.17, 15) is 9.90 Å². The molecule has 1 aliphatic heterocycles. The summed E-state index contributed by atoms with van der Waals surface area (Å²) < 4.78 is 0. The number of amides is 1. The van der Waals surface area contributed by atoms with Crippen molar-refractivity contribution in [2.75, 3.05) is 33.7 Å². The zero-order valence-corrected chi connectivity index (χ0v) is 16.3. The smallest absolute Gasteiger partial charge is 0.254 e. The Kier molecular flexibility index (Phi) is 4.87. The summed E-state index contributed by atoms with van der Waals surface area (Å²) in [5, 5.41) is 11.7. The third-order valence-corrected chi connectivity index (χ3v) is 5.25. The van der Waals surface area contributed by atoms with Gasteiger partial charge in [-0.15, -0.1) is 0 Å². The van der Waals surface area contributed by atoms with E-state index in [2.05, 4.69) is 0 Å². The van der Waals surface area contributed by atoms with Gasteiger partial charge in [-0.2, -0.15) is 0 Å². The molecule has 1 amide bonds. The lowest BCUT2D eigenvalue weighted by Crippen LogP contribution is -2.43. The number of carbonyl (C=O) groups is 1. The van der Waals surface area contributed by atoms with E-state index in [0.717, 1.165) is 22.2 Å².